The van der Waals surface area contributed by atoms with Gasteiger partial charge in [0.1, 0.15) is 5.75 Å². The van der Waals surface area contributed by atoms with E-state index in [4.69, 9.17) is 9.16 Å². The molecule has 0 heterocycles. The van der Waals surface area contributed by atoms with Crippen molar-refractivity contribution in [3.63, 3.8) is 0 Å². The van der Waals surface area contributed by atoms with Crippen molar-refractivity contribution in [1.82, 2.24) is 0 Å². The fourth-order valence-corrected chi connectivity index (χ4v) is 9.78. The molecule has 3 aromatic rings. The normalized spacial score (nSPS) is 13.7. The molecule has 0 amide bonds. The molecule has 192 valence electrons. The van der Waals surface area contributed by atoms with E-state index in [9.17, 15) is 14.3 Å². The molecule has 0 saturated carbocycles. The third kappa shape index (κ3) is 6.69. The number of non-ortho nitro benzene ring substituents is 1. The molecule has 0 N–H and O–H groups in total. The van der Waals surface area contributed by atoms with Crippen LogP contribution in [0.3, 0.4) is 0 Å². The molecule has 0 aliphatic rings. The highest BCUT2D eigenvalue weighted by atomic mass is 32.2. The molecule has 2 atom stereocenters. The predicted molar refractivity (Wildman–Crippen MR) is 149 cm³/mol. The average molecular weight is 526 g/mol. The first kappa shape index (κ1) is 27.8. The predicted octanol–water partition coefficient (Wildman–Crippen LogP) is 5.21. The molecule has 6 nitrogen and oxygen atoms in total. The Kier molecular flexibility index (Phi) is 9.22. The van der Waals surface area contributed by atoms with E-state index in [1.165, 1.54) is 22.5 Å². The lowest BCUT2D eigenvalue weighted by Crippen LogP contribution is -2.66. The van der Waals surface area contributed by atoms with Gasteiger partial charge in [-0.2, -0.15) is 0 Å². The van der Waals surface area contributed by atoms with Gasteiger partial charge < -0.3 is 9.16 Å². The Morgan fingerprint density at radius 1 is 0.972 bits per heavy atom. The summed E-state index contributed by atoms with van der Waals surface area (Å²) in [5, 5.41) is 13.7. The van der Waals surface area contributed by atoms with E-state index in [1.807, 2.05) is 19.1 Å². The summed E-state index contributed by atoms with van der Waals surface area (Å²) in [6.07, 6.45) is 1.96. The number of hydrogen-bond donors (Lipinski definition) is 0. The van der Waals surface area contributed by atoms with Crippen molar-refractivity contribution in [1.29, 1.82) is 0 Å². The third-order valence-corrected chi connectivity index (χ3v) is 11.9. The van der Waals surface area contributed by atoms with E-state index in [1.54, 1.807) is 12.3 Å². The second kappa shape index (κ2) is 11.9. The first-order valence-corrected chi connectivity index (χ1v) is 15.7. The molecule has 8 heteroatoms. The minimum absolute atomic E-state index is 0.0660. The first-order valence-electron chi connectivity index (χ1n) is 12.0. The van der Waals surface area contributed by atoms with Gasteiger partial charge in [-0.25, -0.2) is 0 Å². The first-order chi connectivity index (χ1) is 17.0. The summed E-state index contributed by atoms with van der Waals surface area (Å²) in [7, 11) is -3.75. The SMILES string of the molecule is C[C@@H](CCO[Si](c1ccccc1)(c1ccccc1)C(C)(C)C)Oc1cc(CS(C)=O)cc([N+](=O)[O-])c1. The number of hydrogen-bond acceptors (Lipinski definition) is 5. The van der Waals surface area contributed by atoms with Gasteiger partial charge in [0.05, 0.1) is 17.1 Å². The molecule has 0 aliphatic carbocycles. The molecule has 0 aromatic heterocycles. The molecular weight excluding hydrogens is 490 g/mol. The standard InChI is InChI=1S/C28H35NO5SSi/c1-22(34-25-19-23(21-35(5)32)18-24(20-25)29(30)31)16-17-33-36(28(2,3)4,26-12-8-6-9-13-26)27-14-10-7-11-15-27/h6-15,18-20,22H,16-17,21H2,1-5H3/t22-,35?/m0/s1. The van der Waals surface area contributed by atoms with Gasteiger partial charge in [-0.3, -0.25) is 14.3 Å². The summed E-state index contributed by atoms with van der Waals surface area (Å²) in [5.74, 6) is 0.645. The summed E-state index contributed by atoms with van der Waals surface area (Å²) in [6.45, 7) is 9.13. The zero-order valence-electron chi connectivity index (χ0n) is 21.6. The lowest BCUT2D eigenvalue weighted by molar-refractivity contribution is -0.385. The van der Waals surface area contributed by atoms with Crippen molar-refractivity contribution >= 4 is 35.2 Å². The van der Waals surface area contributed by atoms with Crippen LogP contribution in [0, 0.1) is 10.1 Å². The molecule has 1 unspecified atom stereocenters. The second-order valence-electron chi connectivity index (χ2n) is 10.0. The van der Waals surface area contributed by atoms with E-state index in [2.05, 4.69) is 69.3 Å². The highest BCUT2D eigenvalue weighted by molar-refractivity contribution is 7.83. The number of ether oxygens (including phenoxy) is 1. The maximum Gasteiger partial charge on any atom is 0.273 e. The van der Waals surface area contributed by atoms with Gasteiger partial charge in [-0.05, 0) is 34.0 Å². The fourth-order valence-electron chi connectivity index (χ4n) is 4.57. The van der Waals surface area contributed by atoms with Crippen LogP contribution in [0.5, 0.6) is 5.75 Å². The van der Waals surface area contributed by atoms with Gasteiger partial charge in [-0.1, -0.05) is 81.4 Å². The highest BCUT2D eigenvalue weighted by Gasteiger charge is 2.50. The summed E-state index contributed by atoms with van der Waals surface area (Å²) in [5.41, 5.74) is 0.555. The van der Waals surface area contributed by atoms with Gasteiger partial charge in [0, 0.05) is 41.9 Å². The quantitative estimate of drug-likeness (QED) is 0.195. The van der Waals surface area contributed by atoms with Gasteiger partial charge >= 0.3 is 0 Å². The summed E-state index contributed by atoms with van der Waals surface area (Å²) in [4.78, 5) is 10.9. The lowest BCUT2D eigenvalue weighted by atomic mass is 10.2. The van der Waals surface area contributed by atoms with Crippen LogP contribution in [0.25, 0.3) is 0 Å². The van der Waals surface area contributed by atoms with Gasteiger partial charge in [-0.15, -0.1) is 0 Å². The monoisotopic (exact) mass is 525 g/mol. The molecular formula is C28H35NO5SSi. The zero-order chi connectivity index (χ0) is 26.3. The van der Waals surface area contributed by atoms with Crippen LogP contribution >= 0.6 is 0 Å². The summed E-state index contributed by atoms with van der Waals surface area (Å²) < 4.78 is 24.7. The summed E-state index contributed by atoms with van der Waals surface area (Å²) in [6, 6.07) is 25.5. The molecule has 3 rings (SSSR count). The molecule has 0 spiro atoms. The number of benzene rings is 3. The van der Waals surface area contributed by atoms with Gasteiger partial charge in [0.25, 0.3) is 14.0 Å². The number of nitro groups is 1. The topological polar surface area (TPSA) is 78.7 Å². The van der Waals surface area contributed by atoms with Crippen LogP contribution in [0.2, 0.25) is 5.04 Å². The second-order valence-corrected chi connectivity index (χ2v) is 15.8. The molecule has 0 bridgehead atoms. The molecule has 36 heavy (non-hydrogen) atoms. The van der Waals surface area contributed by atoms with E-state index >= 15 is 0 Å². The molecule has 0 saturated heterocycles. The maximum atomic E-state index is 11.7. The van der Waals surface area contributed by atoms with Crippen LogP contribution in [-0.4, -0.2) is 36.4 Å². The Morgan fingerprint density at radius 2 is 1.53 bits per heavy atom. The van der Waals surface area contributed by atoms with E-state index in [-0.39, 0.29) is 22.6 Å². The minimum Gasteiger partial charge on any atom is -0.490 e. The Hall–Kier alpha value is -2.81. The Morgan fingerprint density at radius 3 is 2.00 bits per heavy atom. The van der Waals surface area contributed by atoms with E-state index < -0.39 is 24.0 Å². The number of nitro benzene ring substituents is 1. The molecule has 0 fully saturated rings. The van der Waals surface area contributed by atoms with E-state index in [0.717, 1.165) is 0 Å². The largest absolute Gasteiger partial charge is 0.490 e. The highest BCUT2D eigenvalue weighted by Crippen LogP contribution is 2.37. The minimum atomic E-state index is -2.64. The lowest BCUT2D eigenvalue weighted by Gasteiger charge is -2.43. The van der Waals surface area contributed by atoms with Crippen molar-refractivity contribution < 1.29 is 18.3 Å². The molecule has 0 aliphatic heterocycles. The fraction of sp³-hybridized carbons (Fsp3) is 0.357. The van der Waals surface area contributed by atoms with Crippen molar-refractivity contribution in [2.45, 2.75) is 51.0 Å². The molecule has 3 aromatic carbocycles. The zero-order valence-corrected chi connectivity index (χ0v) is 23.4. The van der Waals surface area contributed by atoms with Gasteiger partial charge in [0.15, 0.2) is 0 Å². The van der Waals surface area contributed by atoms with Crippen molar-refractivity contribution in [3.8, 4) is 5.75 Å². The van der Waals surface area contributed by atoms with Crippen LogP contribution in [-0.2, 0) is 21.0 Å². The maximum absolute atomic E-state index is 11.7. The average Bonchev–Trinajstić information content (AvgIpc) is 2.81. The Labute approximate surface area is 217 Å². The van der Waals surface area contributed by atoms with Crippen molar-refractivity contribution in [3.05, 3.63) is 94.5 Å². The smallest absolute Gasteiger partial charge is 0.273 e. The number of nitrogens with zero attached hydrogens (tertiary/aromatic N) is 1. The van der Waals surface area contributed by atoms with Crippen molar-refractivity contribution in [2.24, 2.45) is 0 Å². The van der Waals surface area contributed by atoms with Crippen LogP contribution in [0.1, 0.15) is 39.7 Å². The van der Waals surface area contributed by atoms with Crippen LogP contribution in [0.15, 0.2) is 78.9 Å². The van der Waals surface area contributed by atoms with Crippen LogP contribution in [0.4, 0.5) is 5.69 Å². The van der Waals surface area contributed by atoms with Crippen molar-refractivity contribution in [2.75, 3.05) is 12.9 Å². The summed E-state index contributed by atoms with van der Waals surface area (Å²) >= 11 is 0. The number of rotatable bonds is 11. The Balaban J connectivity index is 1.82. The van der Waals surface area contributed by atoms with Gasteiger partial charge in [0.2, 0.25) is 0 Å². The third-order valence-electron chi connectivity index (χ3n) is 6.13. The Bertz CT molecular complexity index is 1140. The van der Waals surface area contributed by atoms with E-state index in [0.29, 0.717) is 24.3 Å². The molecule has 0 radical (unpaired) electrons. The van der Waals surface area contributed by atoms with Crippen LogP contribution < -0.4 is 15.1 Å².